The Labute approximate surface area is 80.8 Å². The van der Waals surface area contributed by atoms with E-state index in [2.05, 4.69) is 19.2 Å². The molecule has 0 aromatic rings. The Balaban J connectivity index is 2.10. The molecule has 78 valence electrons. The third-order valence-corrected chi connectivity index (χ3v) is 2.49. The zero-order valence-electron chi connectivity index (χ0n) is 8.88. The molecule has 1 aliphatic rings. The second-order valence-corrected chi connectivity index (χ2v) is 3.65. The quantitative estimate of drug-likeness (QED) is 0.701. The van der Waals surface area contributed by atoms with Crippen LogP contribution in [0.2, 0.25) is 0 Å². The van der Waals surface area contributed by atoms with Gasteiger partial charge in [0.05, 0.1) is 12.2 Å². The summed E-state index contributed by atoms with van der Waals surface area (Å²) >= 11 is 0. The number of rotatable bonds is 5. The van der Waals surface area contributed by atoms with E-state index in [-0.39, 0.29) is 0 Å². The molecule has 1 heterocycles. The summed E-state index contributed by atoms with van der Waals surface area (Å²) in [7, 11) is 0. The first kappa shape index (κ1) is 11.0. The molecule has 0 radical (unpaired) electrons. The van der Waals surface area contributed by atoms with E-state index in [9.17, 15) is 0 Å². The monoisotopic (exact) mass is 187 g/mol. The number of nitrogens with one attached hydrogen (secondary N) is 1. The van der Waals surface area contributed by atoms with Crippen LogP contribution in [-0.2, 0) is 9.47 Å². The van der Waals surface area contributed by atoms with Crippen molar-refractivity contribution in [1.82, 2.24) is 5.32 Å². The topological polar surface area (TPSA) is 30.5 Å². The first-order valence-electron chi connectivity index (χ1n) is 5.20. The summed E-state index contributed by atoms with van der Waals surface area (Å²) in [5, 5.41) is 3.47. The number of ether oxygens (including phenoxy) is 2. The highest BCUT2D eigenvalue weighted by molar-refractivity contribution is 4.79. The van der Waals surface area contributed by atoms with Crippen molar-refractivity contribution in [2.75, 3.05) is 19.8 Å². The molecule has 3 heteroatoms. The predicted octanol–water partition coefficient (Wildman–Crippen LogP) is 1.18. The van der Waals surface area contributed by atoms with Gasteiger partial charge in [-0.2, -0.15) is 0 Å². The van der Waals surface area contributed by atoms with E-state index in [1.54, 1.807) is 0 Å². The maximum atomic E-state index is 5.45. The fourth-order valence-corrected chi connectivity index (χ4v) is 1.66. The molecule has 1 aliphatic heterocycles. The molecule has 0 aliphatic carbocycles. The largest absolute Gasteiger partial charge is 0.377 e. The van der Waals surface area contributed by atoms with Crippen LogP contribution in [0.15, 0.2) is 0 Å². The molecule has 0 saturated carbocycles. The van der Waals surface area contributed by atoms with Gasteiger partial charge in [0.15, 0.2) is 0 Å². The van der Waals surface area contributed by atoms with Gasteiger partial charge in [-0.25, -0.2) is 0 Å². The van der Waals surface area contributed by atoms with Crippen molar-refractivity contribution in [3.8, 4) is 0 Å². The van der Waals surface area contributed by atoms with Crippen LogP contribution in [0.3, 0.4) is 0 Å². The highest BCUT2D eigenvalue weighted by atomic mass is 16.5. The molecule has 3 unspecified atom stereocenters. The molecule has 1 fully saturated rings. The third kappa shape index (κ3) is 3.63. The summed E-state index contributed by atoms with van der Waals surface area (Å²) < 4.78 is 10.9. The van der Waals surface area contributed by atoms with Crippen LogP contribution < -0.4 is 5.32 Å². The van der Waals surface area contributed by atoms with Crippen LogP contribution in [0.1, 0.15) is 27.2 Å². The lowest BCUT2D eigenvalue weighted by atomic mass is 10.1. The highest BCUT2D eigenvalue weighted by Gasteiger charge is 2.23. The molecule has 1 rings (SSSR count). The second kappa shape index (κ2) is 5.58. The van der Waals surface area contributed by atoms with Crippen LogP contribution in [0.5, 0.6) is 0 Å². The average Bonchev–Trinajstić information content (AvgIpc) is 2.48. The standard InChI is InChI=1S/C10H21NO2/c1-4-12-8(2)7-11-10-5-6-13-9(10)3/h8-11H,4-7H2,1-3H3. The molecule has 1 saturated heterocycles. The van der Waals surface area contributed by atoms with Gasteiger partial charge in [-0.3, -0.25) is 0 Å². The average molecular weight is 187 g/mol. The van der Waals surface area contributed by atoms with E-state index in [4.69, 9.17) is 9.47 Å². The summed E-state index contributed by atoms with van der Waals surface area (Å²) in [6.07, 6.45) is 1.78. The smallest absolute Gasteiger partial charge is 0.0700 e. The summed E-state index contributed by atoms with van der Waals surface area (Å²) in [6, 6.07) is 0.517. The van der Waals surface area contributed by atoms with Crippen molar-refractivity contribution >= 4 is 0 Å². The van der Waals surface area contributed by atoms with E-state index in [1.165, 1.54) is 0 Å². The molecule has 0 aromatic heterocycles. The van der Waals surface area contributed by atoms with Gasteiger partial charge in [-0.05, 0) is 27.2 Å². The summed E-state index contributed by atoms with van der Waals surface area (Å²) in [6.45, 7) is 8.85. The van der Waals surface area contributed by atoms with Gasteiger partial charge in [-0.15, -0.1) is 0 Å². The molecule has 13 heavy (non-hydrogen) atoms. The lowest BCUT2D eigenvalue weighted by Gasteiger charge is -2.19. The molecule has 1 N–H and O–H groups in total. The summed E-state index contributed by atoms with van der Waals surface area (Å²) in [5.41, 5.74) is 0. The van der Waals surface area contributed by atoms with Gasteiger partial charge in [0.25, 0.3) is 0 Å². The van der Waals surface area contributed by atoms with Gasteiger partial charge in [0.2, 0.25) is 0 Å². The lowest BCUT2D eigenvalue weighted by Crippen LogP contribution is -2.39. The minimum Gasteiger partial charge on any atom is -0.377 e. The summed E-state index contributed by atoms with van der Waals surface area (Å²) in [4.78, 5) is 0. The Morgan fingerprint density at radius 3 is 2.92 bits per heavy atom. The number of hydrogen-bond donors (Lipinski definition) is 1. The fourth-order valence-electron chi connectivity index (χ4n) is 1.66. The van der Waals surface area contributed by atoms with E-state index in [1.807, 2.05) is 6.92 Å². The normalized spacial score (nSPS) is 30.7. The molecule has 0 amide bonds. The molecule has 0 bridgehead atoms. The van der Waals surface area contributed by atoms with Crippen molar-refractivity contribution in [2.45, 2.75) is 45.4 Å². The first-order chi connectivity index (χ1) is 6.24. The molecule has 3 atom stereocenters. The Hall–Kier alpha value is -0.120. The van der Waals surface area contributed by atoms with Crippen molar-refractivity contribution in [3.05, 3.63) is 0 Å². The molecule has 0 aromatic carbocycles. The van der Waals surface area contributed by atoms with Crippen LogP contribution in [0.4, 0.5) is 0 Å². The van der Waals surface area contributed by atoms with Gasteiger partial charge in [-0.1, -0.05) is 0 Å². The Morgan fingerprint density at radius 1 is 1.62 bits per heavy atom. The van der Waals surface area contributed by atoms with Gasteiger partial charge < -0.3 is 14.8 Å². The van der Waals surface area contributed by atoms with Crippen LogP contribution >= 0.6 is 0 Å². The Morgan fingerprint density at radius 2 is 2.38 bits per heavy atom. The molecule has 3 nitrogen and oxygen atoms in total. The second-order valence-electron chi connectivity index (χ2n) is 3.65. The minimum atomic E-state index is 0.304. The zero-order chi connectivity index (χ0) is 9.68. The Kier molecular flexibility index (Phi) is 4.70. The van der Waals surface area contributed by atoms with Crippen molar-refractivity contribution in [2.24, 2.45) is 0 Å². The van der Waals surface area contributed by atoms with Crippen molar-refractivity contribution < 1.29 is 9.47 Å². The lowest BCUT2D eigenvalue weighted by molar-refractivity contribution is 0.0682. The molecular formula is C10H21NO2. The molecular weight excluding hydrogens is 166 g/mol. The summed E-state index contributed by atoms with van der Waals surface area (Å²) in [5.74, 6) is 0. The van der Waals surface area contributed by atoms with Gasteiger partial charge in [0, 0.05) is 25.8 Å². The maximum Gasteiger partial charge on any atom is 0.0700 e. The number of hydrogen-bond acceptors (Lipinski definition) is 3. The van der Waals surface area contributed by atoms with Crippen molar-refractivity contribution in [3.63, 3.8) is 0 Å². The van der Waals surface area contributed by atoms with Gasteiger partial charge >= 0.3 is 0 Å². The van der Waals surface area contributed by atoms with E-state index in [0.29, 0.717) is 18.2 Å². The van der Waals surface area contributed by atoms with E-state index < -0.39 is 0 Å². The Bertz CT molecular complexity index is 141. The zero-order valence-corrected chi connectivity index (χ0v) is 8.88. The highest BCUT2D eigenvalue weighted by Crippen LogP contribution is 2.12. The van der Waals surface area contributed by atoms with Crippen LogP contribution in [0, 0.1) is 0 Å². The van der Waals surface area contributed by atoms with Crippen LogP contribution in [0.25, 0.3) is 0 Å². The van der Waals surface area contributed by atoms with Crippen LogP contribution in [-0.4, -0.2) is 38.0 Å². The van der Waals surface area contributed by atoms with E-state index in [0.717, 1.165) is 26.2 Å². The fraction of sp³-hybridized carbons (Fsp3) is 1.00. The van der Waals surface area contributed by atoms with Crippen molar-refractivity contribution in [1.29, 1.82) is 0 Å². The molecule has 0 spiro atoms. The SMILES string of the molecule is CCOC(C)CNC1CCOC1C. The van der Waals surface area contributed by atoms with E-state index >= 15 is 0 Å². The van der Waals surface area contributed by atoms with Gasteiger partial charge in [0.1, 0.15) is 0 Å². The maximum absolute atomic E-state index is 5.45. The first-order valence-corrected chi connectivity index (χ1v) is 5.20. The third-order valence-electron chi connectivity index (χ3n) is 2.49. The predicted molar refractivity (Wildman–Crippen MR) is 52.9 cm³/mol. The minimum absolute atomic E-state index is 0.304.